The van der Waals surface area contributed by atoms with Crippen molar-refractivity contribution in [2.24, 2.45) is 0 Å². The molecule has 0 aromatic heterocycles. The summed E-state index contributed by atoms with van der Waals surface area (Å²) >= 11 is 3.43. The number of ether oxygens (including phenoxy) is 2. The number of nitrogens with two attached hydrogens (primary N) is 1. The number of carbonyl (C=O) groups is 3. The van der Waals surface area contributed by atoms with Gasteiger partial charge in [0.25, 0.3) is 0 Å². The van der Waals surface area contributed by atoms with Crippen molar-refractivity contribution >= 4 is 39.3 Å². The summed E-state index contributed by atoms with van der Waals surface area (Å²) in [6.07, 6.45) is 1.09. The number of benzene rings is 3. The molecule has 0 saturated carbocycles. The van der Waals surface area contributed by atoms with Crippen LogP contribution < -0.4 is 11.1 Å². The van der Waals surface area contributed by atoms with Gasteiger partial charge in [0.1, 0.15) is 0 Å². The Bertz CT molecular complexity index is 1330. The first-order valence-electron chi connectivity index (χ1n) is 13.3. The van der Waals surface area contributed by atoms with Gasteiger partial charge in [0.2, 0.25) is 0 Å². The fourth-order valence-corrected chi connectivity index (χ4v) is 4.39. The molecule has 0 bridgehead atoms. The third kappa shape index (κ3) is 9.03. The largest absolute Gasteiger partial charge is 0.465 e. The van der Waals surface area contributed by atoms with E-state index in [0.717, 1.165) is 5.56 Å². The summed E-state index contributed by atoms with van der Waals surface area (Å²) < 4.78 is 11.5. The van der Waals surface area contributed by atoms with E-state index in [9.17, 15) is 14.4 Å². The van der Waals surface area contributed by atoms with Crippen LogP contribution in [0, 0.1) is 0 Å². The quantitative estimate of drug-likeness (QED) is 0.105. The summed E-state index contributed by atoms with van der Waals surface area (Å²) in [4.78, 5) is 38.0. The van der Waals surface area contributed by atoms with Gasteiger partial charge < -0.3 is 20.5 Å². The minimum atomic E-state index is -0.521. The van der Waals surface area contributed by atoms with Crippen LogP contribution in [-0.4, -0.2) is 36.5 Å². The Morgan fingerprint density at radius 1 is 0.875 bits per heavy atom. The maximum absolute atomic E-state index is 12.8. The third-order valence-corrected chi connectivity index (χ3v) is 6.97. The molecule has 0 spiro atoms. The lowest BCUT2D eigenvalue weighted by molar-refractivity contribution is -0.145. The van der Waals surface area contributed by atoms with E-state index in [2.05, 4.69) is 42.0 Å². The van der Waals surface area contributed by atoms with E-state index >= 15 is 0 Å². The molecule has 1 atom stereocenters. The van der Waals surface area contributed by atoms with Gasteiger partial charge >= 0.3 is 11.9 Å². The second-order valence-corrected chi connectivity index (χ2v) is 11.5. The Morgan fingerprint density at radius 2 is 1.52 bits per heavy atom. The molecule has 3 aromatic rings. The SMILES string of the molecule is CC(C(=O)OCCCCOC(=O)c1cc(Br)c(N)c(CNC(C)(C)C)c1)c1cccc(C(=O)c2ccccc2)c1. The highest BCUT2D eigenvalue weighted by Crippen LogP contribution is 2.27. The van der Waals surface area contributed by atoms with Crippen LogP contribution in [0.5, 0.6) is 0 Å². The molecule has 212 valence electrons. The highest BCUT2D eigenvalue weighted by molar-refractivity contribution is 9.10. The Morgan fingerprint density at radius 3 is 2.20 bits per heavy atom. The number of anilines is 1. The second-order valence-electron chi connectivity index (χ2n) is 10.7. The molecular formula is C32H37BrN2O5. The first-order chi connectivity index (χ1) is 19.0. The lowest BCUT2D eigenvalue weighted by Gasteiger charge is -2.21. The maximum Gasteiger partial charge on any atom is 0.338 e. The molecule has 0 heterocycles. The number of ketones is 1. The molecular weight excluding hydrogens is 572 g/mol. The number of nitrogen functional groups attached to an aromatic ring is 1. The first-order valence-corrected chi connectivity index (χ1v) is 14.1. The topological polar surface area (TPSA) is 108 Å². The van der Waals surface area contributed by atoms with E-state index in [4.69, 9.17) is 15.2 Å². The fourth-order valence-electron chi connectivity index (χ4n) is 3.89. The lowest BCUT2D eigenvalue weighted by atomic mass is 9.96. The summed E-state index contributed by atoms with van der Waals surface area (Å²) in [5.74, 6) is -1.42. The van der Waals surface area contributed by atoms with Gasteiger partial charge in [0.15, 0.2) is 5.78 Å². The van der Waals surface area contributed by atoms with Crippen molar-refractivity contribution in [3.63, 3.8) is 0 Å². The molecule has 0 aliphatic rings. The van der Waals surface area contributed by atoms with Crippen molar-refractivity contribution in [2.75, 3.05) is 18.9 Å². The Hall–Kier alpha value is -3.49. The number of carbonyl (C=O) groups excluding carboxylic acids is 3. The highest BCUT2D eigenvalue weighted by atomic mass is 79.9. The zero-order valence-electron chi connectivity index (χ0n) is 23.5. The van der Waals surface area contributed by atoms with Gasteiger partial charge in [0.05, 0.1) is 30.4 Å². The van der Waals surface area contributed by atoms with Crippen molar-refractivity contribution in [3.8, 4) is 0 Å². The predicted octanol–water partition coefficient (Wildman–Crippen LogP) is 6.43. The summed E-state index contributed by atoms with van der Waals surface area (Å²) in [5, 5.41) is 3.37. The van der Waals surface area contributed by atoms with Gasteiger partial charge in [0, 0.05) is 27.7 Å². The molecule has 0 fully saturated rings. The normalized spacial score (nSPS) is 12.0. The zero-order valence-corrected chi connectivity index (χ0v) is 25.0. The van der Waals surface area contributed by atoms with E-state index in [1.807, 2.05) is 24.3 Å². The lowest BCUT2D eigenvalue weighted by Crippen LogP contribution is -2.35. The van der Waals surface area contributed by atoms with Crippen LogP contribution in [0.3, 0.4) is 0 Å². The number of rotatable bonds is 12. The fraction of sp³-hybridized carbons (Fsp3) is 0.344. The molecule has 8 heteroatoms. The summed E-state index contributed by atoms with van der Waals surface area (Å²) in [6, 6.07) is 19.5. The summed E-state index contributed by atoms with van der Waals surface area (Å²) in [5.41, 5.74) is 9.72. The van der Waals surface area contributed by atoms with Crippen molar-refractivity contribution in [1.82, 2.24) is 5.32 Å². The second kappa shape index (κ2) is 14.2. The molecule has 3 rings (SSSR count). The first kappa shape index (κ1) is 31.0. The molecule has 1 unspecified atom stereocenters. The third-order valence-electron chi connectivity index (χ3n) is 6.31. The maximum atomic E-state index is 12.8. The van der Waals surface area contributed by atoms with E-state index in [1.165, 1.54) is 0 Å². The van der Waals surface area contributed by atoms with Crippen LogP contribution >= 0.6 is 15.9 Å². The number of unbranched alkanes of at least 4 members (excludes halogenated alkanes) is 1. The molecule has 7 nitrogen and oxygen atoms in total. The molecule has 3 aromatic carbocycles. The molecule has 0 aliphatic heterocycles. The van der Waals surface area contributed by atoms with Gasteiger partial charge in [-0.3, -0.25) is 9.59 Å². The van der Waals surface area contributed by atoms with E-state index in [-0.39, 0.29) is 30.5 Å². The van der Waals surface area contributed by atoms with Crippen molar-refractivity contribution < 1.29 is 23.9 Å². The smallest absolute Gasteiger partial charge is 0.338 e. The molecule has 0 aliphatic carbocycles. The minimum absolute atomic E-state index is 0.0951. The van der Waals surface area contributed by atoms with Gasteiger partial charge in [-0.2, -0.15) is 0 Å². The van der Waals surface area contributed by atoms with Gasteiger partial charge in [-0.15, -0.1) is 0 Å². The van der Waals surface area contributed by atoms with Gasteiger partial charge in [-0.05, 0) is 85.8 Å². The average Bonchev–Trinajstić information content (AvgIpc) is 2.94. The Labute approximate surface area is 244 Å². The van der Waals surface area contributed by atoms with Crippen molar-refractivity contribution in [1.29, 1.82) is 0 Å². The van der Waals surface area contributed by atoms with Gasteiger partial charge in [-0.25, -0.2) is 4.79 Å². The highest BCUT2D eigenvalue weighted by Gasteiger charge is 2.19. The summed E-state index contributed by atoms with van der Waals surface area (Å²) in [7, 11) is 0. The standard InChI is InChI=1S/C32H37BrN2O5/c1-21(23-13-10-14-24(17-23)29(36)22-11-6-5-7-12-22)30(37)39-15-8-9-16-40-31(38)25-18-26(20-35-32(2,3)4)28(34)27(33)19-25/h5-7,10-14,17-19,21,35H,8-9,15-16,20,34H2,1-4H3. The van der Waals surface area contributed by atoms with Crippen LogP contribution in [0.1, 0.15) is 83.9 Å². The number of hydrogen-bond acceptors (Lipinski definition) is 7. The number of nitrogens with one attached hydrogen (secondary N) is 1. The van der Waals surface area contributed by atoms with E-state index in [0.29, 0.717) is 51.8 Å². The minimum Gasteiger partial charge on any atom is -0.465 e. The molecule has 3 N–H and O–H groups in total. The van der Waals surface area contributed by atoms with E-state index < -0.39 is 11.9 Å². The Balaban J connectivity index is 1.44. The van der Waals surface area contributed by atoms with Crippen molar-refractivity contribution in [3.05, 3.63) is 99.0 Å². The summed E-state index contributed by atoms with van der Waals surface area (Å²) in [6.45, 7) is 8.86. The van der Waals surface area contributed by atoms with Crippen molar-refractivity contribution in [2.45, 2.75) is 58.5 Å². The average molecular weight is 610 g/mol. The molecule has 0 saturated heterocycles. The molecule has 0 amide bonds. The molecule has 0 radical (unpaired) electrons. The van der Waals surface area contributed by atoms with Crippen LogP contribution in [-0.2, 0) is 20.8 Å². The molecule has 40 heavy (non-hydrogen) atoms. The van der Waals surface area contributed by atoms with E-state index in [1.54, 1.807) is 49.4 Å². The predicted molar refractivity (Wildman–Crippen MR) is 160 cm³/mol. The number of esters is 2. The van der Waals surface area contributed by atoms with Crippen LogP contribution in [0.25, 0.3) is 0 Å². The van der Waals surface area contributed by atoms with Crippen LogP contribution in [0.2, 0.25) is 0 Å². The Kier molecular flexibility index (Phi) is 11.0. The van der Waals surface area contributed by atoms with Crippen LogP contribution in [0.15, 0.2) is 71.2 Å². The number of hydrogen-bond donors (Lipinski definition) is 2. The van der Waals surface area contributed by atoms with Crippen LogP contribution in [0.4, 0.5) is 5.69 Å². The zero-order chi connectivity index (χ0) is 29.3. The van der Waals surface area contributed by atoms with Gasteiger partial charge in [-0.1, -0.05) is 48.5 Å². The monoisotopic (exact) mass is 608 g/mol. The number of halogens is 1.